The Labute approximate surface area is 130 Å². The van der Waals surface area contributed by atoms with Crippen molar-refractivity contribution in [3.8, 4) is 0 Å². The van der Waals surface area contributed by atoms with Gasteiger partial charge in [0.05, 0.1) is 5.25 Å². The highest BCUT2D eigenvalue weighted by molar-refractivity contribution is 8.01. The van der Waals surface area contributed by atoms with E-state index in [9.17, 15) is 4.79 Å². The monoisotopic (exact) mass is 297 g/mol. The Morgan fingerprint density at radius 1 is 1.10 bits per heavy atom. The van der Waals surface area contributed by atoms with Crippen LogP contribution < -0.4 is 5.32 Å². The van der Waals surface area contributed by atoms with Gasteiger partial charge in [0.25, 0.3) is 0 Å². The first-order valence-corrected chi connectivity index (χ1v) is 8.05. The molecule has 3 rings (SSSR count). The van der Waals surface area contributed by atoms with Crippen LogP contribution in [-0.4, -0.2) is 11.2 Å². The number of hydrogen-bond donors (Lipinski definition) is 1. The van der Waals surface area contributed by atoms with E-state index in [1.54, 1.807) is 11.8 Å². The molecule has 0 fully saturated rings. The molecule has 21 heavy (non-hydrogen) atoms. The summed E-state index contributed by atoms with van der Waals surface area (Å²) in [4.78, 5) is 13.7. The molecule has 1 amide bonds. The van der Waals surface area contributed by atoms with Crippen LogP contribution in [0, 0.1) is 20.8 Å². The molecule has 0 unspecified atom stereocenters. The predicted molar refractivity (Wildman–Crippen MR) is 89.1 cm³/mol. The van der Waals surface area contributed by atoms with Crippen LogP contribution in [-0.2, 0) is 11.2 Å². The average Bonchev–Trinajstić information content (AvgIpc) is 2.86. The first-order valence-electron chi connectivity index (χ1n) is 7.17. The van der Waals surface area contributed by atoms with E-state index in [1.807, 2.05) is 26.0 Å². The van der Waals surface area contributed by atoms with Gasteiger partial charge in [-0.25, -0.2) is 0 Å². The third kappa shape index (κ3) is 2.98. The molecule has 0 saturated carbocycles. The Kier molecular flexibility index (Phi) is 3.77. The van der Waals surface area contributed by atoms with Gasteiger partial charge in [0.2, 0.25) is 5.91 Å². The van der Waals surface area contributed by atoms with Gasteiger partial charge in [-0.15, -0.1) is 11.8 Å². The summed E-state index contributed by atoms with van der Waals surface area (Å²) in [5, 5.41) is 3.06. The molecule has 2 aromatic rings. The van der Waals surface area contributed by atoms with Crippen molar-refractivity contribution in [3.05, 3.63) is 58.7 Å². The number of hydrogen-bond acceptors (Lipinski definition) is 2. The second-order valence-corrected chi connectivity index (χ2v) is 6.97. The molecule has 1 heterocycles. The van der Waals surface area contributed by atoms with E-state index in [2.05, 4.69) is 36.5 Å². The molecule has 108 valence electrons. The second kappa shape index (κ2) is 5.57. The first kappa shape index (κ1) is 14.2. The molecule has 1 aliphatic heterocycles. The molecule has 1 atom stereocenters. The number of anilines is 1. The molecule has 0 radical (unpaired) electrons. The minimum absolute atomic E-state index is 0.0262. The molecule has 0 aliphatic carbocycles. The highest BCUT2D eigenvalue weighted by Gasteiger charge is 2.28. The predicted octanol–water partition coefficient (Wildman–Crippen LogP) is 4.27. The summed E-state index contributed by atoms with van der Waals surface area (Å²) in [6.07, 6.45) is 0.816. The zero-order chi connectivity index (χ0) is 15.0. The highest BCUT2D eigenvalue weighted by Crippen LogP contribution is 2.38. The Morgan fingerprint density at radius 2 is 1.81 bits per heavy atom. The minimum Gasteiger partial charge on any atom is -0.325 e. The Hall–Kier alpha value is -1.74. The van der Waals surface area contributed by atoms with Crippen molar-refractivity contribution >= 4 is 23.4 Å². The van der Waals surface area contributed by atoms with E-state index in [0.717, 1.165) is 23.2 Å². The largest absolute Gasteiger partial charge is 0.325 e. The number of carbonyl (C=O) groups is 1. The van der Waals surface area contributed by atoms with Gasteiger partial charge >= 0.3 is 0 Å². The molecule has 0 aromatic heterocycles. The van der Waals surface area contributed by atoms with Crippen LogP contribution in [0.4, 0.5) is 5.69 Å². The maximum Gasteiger partial charge on any atom is 0.238 e. The highest BCUT2D eigenvalue weighted by atomic mass is 32.2. The molecule has 3 heteroatoms. The van der Waals surface area contributed by atoms with Crippen molar-refractivity contribution in [1.29, 1.82) is 0 Å². The molecular formula is C18H19NOS. The number of nitrogens with one attached hydrogen (secondary N) is 1. The summed E-state index contributed by atoms with van der Waals surface area (Å²) in [7, 11) is 0. The van der Waals surface area contributed by atoms with Crippen LogP contribution in [0.15, 0.2) is 41.3 Å². The average molecular weight is 297 g/mol. The summed E-state index contributed by atoms with van der Waals surface area (Å²) in [5.41, 5.74) is 5.72. The smallest absolute Gasteiger partial charge is 0.238 e. The first-order chi connectivity index (χ1) is 10.0. The lowest BCUT2D eigenvalue weighted by Gasteiger charge is -2.12. The zero-order valence-corrected chi connectivity index (χ0v) is 13.4. The fourth-order valence-electron chi connectivity index (χ4n) is 2.56. The molecular weight excluding hydrogens is 278 g/mol. The normalized spacial score (nSPS) is 16.6. The summed E-state index contributed by atoms with van der Waals surface area (Å²) in [6.45, 7) is 6.15. The van der Waals surface area contributed by atoms with E-state index >= 15 is 0 Å². The molecule has 2 aromatic carbocycles. The number of thioether (sulfide) groups is 1. The van der Waals surface area contributed by atoms with Crippen LogP contribution in [0.1, 0.15) is 22.3 Å². The van der Waals surface area contributed by atoms with E-state index in [1.165, 1.54) is 16.0 Å². The van der Waals surface area contributed by atoms with E-state index in [0.29, 0.717) is 0 Å². The lowest BCUT2D eigenvalue weighted by molar-refractivity contribution is -0.115. The molecule has 1 aliphatic rings. The van der Waals surface area contributed by atoms with Crippen molar-refractivity contribution < 1.29 is 4.79 Å². The van der Waals surface area contributed by atoms with Gasteiger partial charge in [0.15, 0.2) is 0 Å². The SMILES string of the molecule is Cc1ccc(C)c(NC(=O)[C@H]2Cc3ccc(C)cc3S2)c1. The van der Waals surface area contributed by atoms with Gasteiger partial charge in [-0.1, -0.05) is 29.8 Å². The van der Waals surface area contributed by atoms with Crippen LogP contribution >= 0.6 is 11.8 Å². The van der Waals surface area contributed by atoms with Crippen LogP contribution in [0.2, 0.25) is 0 Å². The maximum absolute atomic E-state index is 12.5. The van der Waals surface area contributed by atoms with Crippen molar-refractivity contribution in [2.75, 3.05) is 5.32 Å². The number of fused-ring (bicyclic) bond motifs is 1. The van der Waals surface area contributed by atoms with Gasteiger partial charge < -0.3 is 5.32 Å². The third-order valence-corrected chi connectivity index (χ3v) is 5.14. The fourth-order valence-corrected chi connectivity index (χ4v) is 3.86. The Bertz CT molecular complexity index is 708. The number of aryl methyl sites for hydroxylation is 3. The molecule has 1 N–H and O–H groups in total. The van der Waals surface area contributed by atoms with E-state index in [-0.39, 0.29) is 11.2 Å². The van der Waals surface area contributed by atoms with Crippen molar-refractivity contribution in [1.82, 2.24) is 0 Å². The molecule has 0 spiro atoms. The number of rotatable bonds is 2. The van der Waals surface area contributed by atoms with Crippen molar-refractivity contribution in [2.45, 2.75) is 37.3 Å². The molecule has 0 saturated heterocycles. The topological polar surface area (TPSA) is 29.1 Å². The number of carbonyl (C=O) groups excluding carboxylic acids is 1. The summed E-state index contributed by atoms with van der Waals surface area (Å²) >= 11 is 1.68. The van der Waals surface area contributed by atoms with Crippen LogP contribution in [0.3, 0.4) is 0 Å². The van der Waals surface area contributed by atoms with Gasteiger partial charge in [-0.05, 0) is 56.0 Å². The lowest BCUT2D eigenvalue weighted by atomic mass is 10.1. The quantitative estimate of drug-likeness (QED) is 0.897. The van der Waals surface area contributed by atoms with Gasteiger partial charge in [-0.2, -0.15) is 0 Å². The van der Waals surface area contributed by atoms with E-state index in [4.69, 9.17) is 0 Å². The molecule has 2 nitrogen and oxygen atoms in total. The minimum atomic E-state index is -0.0262. The van der Waals surface area contributed by atoms with Crippen LogP contribution in [0.5, 0.6) is 0 Å². The number of amides is 1. The fraction of sp³-hybridized carbons (Fsp3) is 0.278. The number of benzene rings is 2. The van der Waals surface area contributed by atoms with Crippen LogP contribution in [0.25, 0.3) is 0 Å². The van der Waals surface area contributed by atoms with Gasteiger partial charge in [0, 0.05) is 10.6 Å². The lowest BCUT2D eigenvalue weighted by Crippen LogP contribution is -2.25. The summed E-state index contributed by atoms with van der Waals surface area (Å²) in [6, 6.07) is 12.6. The third-order valence-electron chi connectivity index (χ3n) is 3.84. The van der Waals surface area contributed by atoms with E-state index < -0.39 is 0 Å². The maximum atomic E-state index is 12.5. The second-order valence-electron chi connectivity index (χ2n) is 5.73. The molecule has 0 bridgehead atoms. The summed E-state index contributed by atoms with van der Waals surface area (Å²) in [5.74, 6) is 0.0996. The van der Waals surface area contributed by atoms with Crippen molar-refractivity contribution in [3.63, 3.8) is 0 Å². The Balaban J connectivity index is 1.74. The zero-order valence-electron chi connectivity index (χ0n) is 12.6. The van der Waals surface area contributed by atoms with Crippen molar-refractivity contribution in [2.24, 2.45) is 0 Å². The van der Waals surface area contributed by atoms with Gasteiger partial charge in [-0.3, -0.25) is 4.79 Å². The Morgan fingerprint density at radius 3 is 2.62 bits per heavy atom. The van der Waals surface area contributed by atoms with Gasteiger partial charge in [0.1, 0.15) is 0 Å². The summed E-state index contributed by atoms with van der Waals surface area (Å²) < 4.78 is 0. The standard InChI is InChI=1S/C18H19NOS/c1-11-4-6-13(3)15(8-11)19-18(20)17-10-14-7-5-12(2)9-16(14)21-17/h4-9,17H,10H2,1-3H3,(H,19,20)/t17-/m1/s1.